The van der Waals surface area contributed by atoms with Crippen molar-refractivity contribution < 1.29 is 18.7 Å². The summed E-state index contributed by atoms with van der Waals surface area (Å²) in [5, 5.41) is 9.49. The fourth-order valence-electron chi connectivity index (χ4n) is 2.76. The molecule has 0 bridgehead atoms. The first-order valence-electron chi connectivity index (χ1n) is 9.74. The lowest BCUT2D eigenvalue weighted by molar-refractivity contribution is -0.128. The number of carbonyl (C=O) groups is 2. The van der Waals surface area contributed by atoms with Crippen LogP contribution in [0.25, 0.3) is 17.3 Å². The van der Waals surface area contributed by atoms with Gasteiger partial charge in [0.25, 0.3) is 5.91 Å². The maximum atomic E-state index is 12.2. The Labute approximate surface area is 198 Å². The van der Waals surface area contributed by atoms with Crippen molar-refractivity contribution in [1.82, 2.24) is 25.6 Å². The van der Waals surface area contributed by atoms with Crippen LogP contribution < -0.4 is 15.6 Å². The number of para-hydroxylation sites is 1. The van der Waals surface area contributed by atoms with E-state index in [0.717, 1.165) is 5.69 Å². The molecular formula is C22H18ClN5O4S. The number of halogens is 1. The molecule has 0 aliphatic heterocycles. The molecule has 0 saturated carbocycles. The predicted molar refractivity (Wildman–Crippen MR) is 123 cm³/mol. The largest absolute Gasteiger partial charge is 0.484 e. The molecule has 2 N–H and O–H groups in total. The summed E-state index contributed by atoms with van der Waals surface area (Å²) in [7, 11) is 0. The molecule has 0 aliphatic rings. The van der Waals surface area contributed by atoms with E-state index in [1.807, 2.05) is 30.3 Å². The molecule has 0 spiro atoms. The summed E-state index contributed by atoms with van der Waals surface area (Å²) in [6.45, 7) is -0.260. The number of rotatable bonds is 8. The average molecular weight is 484 g/mol. The van der Waals surface area contributed by atoms with Gasteiger partial charge >= 0.3 is 0 Å². The predicted octanol–water partition coefficient (Wildman–Crippen LogP) is 3.50. The van der Waals surface area contributed by atoms with E-state index in [9.17, 15) is 9.59 Å². The zero-order chi connectivity index (χ0) is 23.0. The van der Waals surface area contributed by atoms with E-state index < -0.39 is 11.8 Å². The molecule has 2 amide bonds. The summed E-state index contributed by atoms with van der Waals surface area (Å²) in [6, 6.07) is 19.6. The minimum atomic E-state index is -0.504. The fraction of sp³-hybridized carbons (Fsp3) is 0.0909. The van der Waals surface area contributed by atoms with Crippen LogP contribution in [0, 0.1) is 0 Å². The number of hydrogen-bond acceptors (Lipinski definition) is 7. The van der Waals surface area contributed by atoms with Gasteiger partial charge in [0.2, 0.25) is 11.7 Å². The molecule has 11 heteroatoms. The van der Waals surface area contributed by atoms with Crippen molar-refractivity contribution in [1.29, 1.82) is 0 Å². The molecule has 2 aromatic heterocycles. The van der Waals surface area contributed by atoms with Crippen LogP contribution in [0.15, 0.2) is 82.6 Å². The topological polar surface area (TPSA) is 111 Å². The highest BCUT2D eigenvalue weighted by Crippen LogP contribution is 2.28. The van der Waals surface area contributed by atoms with Crippen molar-refractivity contribution in [2.45, 2.75) is 5.16 Å². The Bertz CT molecular complexity index is 1210. The van der Waals surface area contributed by atoms with Gasteiger partial charge in [-0.3, -0.25) is 25.0 Å². The molecule has 2 heterocycles. The minimum Gasteiger partial charge on any atom is -0.484 e. The minimum absolute atomic E-state index is 0.00143. The maximum absolute atomic E-state index is 12.2. The number of nitrogens with one attached hydrogen (secondary N) is 2. The second-order valence-electron chi connectivity index (χ2n) is 6.58. The van der Waals surface area contributed by atoms with Crippen LogP contribution in [-0.2, 0) is 9.59 Å². The summed E-state index contributed by atoms with van der Waals surface area (Å²) >= 11 is 6.98. The first kappa shape index (κ1) is 22.4. The number of benzene rings is 2. The van der Waals surface area contributed by atoms with E-state index in [4.69, 9.17) is 20.8 Å². The highest BCUT2D eigenvalue weighted by atomic mass is 35.5. The average Bonchev–Trinajstić information content (AvgIpc) is 3.51. The molecule has 0 radical (unpaired) electrons. The second kappa shape index (κ2) is 10.7. The molecule has 4 aromatic rings. The molecular weight excluding hydrogens is 466 g/mol. The van der Waals surface area contributed by atoms with Crippen LogP contribution in [0.5, 0.6) is 5.75 Å². The smallest absolute Gasteiger partial charge is 0.276 e. The Morgan fingerprint density at radius 3 is 2.45 bits per heavy atom. The van der Waals surface area contributed by atoms with E-state index in [1.54, 1.807) is 47.2 Å². The van der Waals surface area contributed by atoms with Crippen LogP contribution in [0.3, 0.4) is 0 Å². The number of furan rings is 1. The molecule has 0 aliphatic carbocycles. The van der Waals surface area contributed by atoms with Crippen molar-refractivity contribution >= 4 is 35.2 Å². The monoisotopic (exact) mass is 483 g/mol. The standard InChI is InChI=1S/C22H18ClN5O4S/c23-15-8-10-17(11-9-15)32-13-19(29)24-25-20(30)14-33-22-27-26-21(18-7-4-12-31-18)28(22)16-5-2-1-3-6-16/h1-12H,13-14H2,(H,24,29)(H,25,30). The highest BCUT2D eigenvalue weighted by molar-refractivity contribution is 7.99. The number of amides is 2. The Kier molecular flexibility index (Phi) is 7.28. The van der Waals surface area contributed by atoms with Crippen LogP contribution in [0.2, 0.25) is 5.02 Å². The van der Waals surface area contributed by atoms with Crippen LogP contribution in [0.4, 0.5) is 0 Å². The number of hydrazine groups is 1. The van der Waals surface area contributed by atoms with Gasteiger partial charge in [0.15, 0.2) is 17.5 Å². The summed E-state index contributed by atoms with van der Waals surface area (Å²) in [5.74, 6) is 0.640. The summed E-state index contributed by atoms with van der Waals surface area (Å²) in [4.78, 5) is 24.2. The Hall–Kier alpha value is -3.76. The van der Waals surface area contributed by atoms with Gasteiger partial charge in [-0.05, 0) is 48.5 Å². The van der Waals surface area contributed by atoms with E-state index in [-0.39, 0.29) is 12.4 Å². The number of hydrogen-bond donors (Lipinski definition) is 2. The third-order valence-corrected chi connectivity index (χ3v) is 5.43. The van der Waals surface area contributed by atoms with Crippen molar-refractivity contribution in [2.75, 3.05) is 12.4 Å². The van der Waals surface area contributed by atoms with E-state index in [2.05, 4.69) is 21.0 Å². The molecule has 9 nitrogen and oxygen atoms in total. The lowest BCUT2D eigenvalue weighted by atomic mass is 10.3. The van der Waals surface area contributed by atoms with Gasteiger partial charge in [-0.25, -0.2) is 0 Å². The number of aromatic nitrogens is 3. The summed E-state index contributed by atoms with van der Waals surface area (Å²) < 4.78 is 12.6. The van der Waals surface area contributed by atoms with Crippen LogP contribution in [-0.4, -0.2) is 38.9 Å². The van der Waals surface area contributed by atoms with Gasteiger partial charge in [-0.1, -0.05) is 41.6 Å². The zero-order valence-electron chi connectivity index (χ0n) is 17.1. The Balaban J connectivity index is 1.33. The maximum Gasteiger partial charge on any atom is 0.276 e. The van der Waals surface area contributed by atoms with Crippen molar-refractivity contribution in [2.24, 2.45) is 0 Å². The van der Waals surface area contributed by atoms with E-state index >= 15 is 0 Å². The number of nitrogens with zero attached hydrogens (tertiary/aromatic N) is 3. The quantitative estimate of drug-likeness (QED) is 0.291. The lowest BCUT2D eigenvalue weighted by Crippen LogP contribution is -2.44. The molecule has 0 fully saturated rings. The SMILES string of the molecule is O=C(COc1ccc(Cl)cc1)NNC(=O)CSc1nnc(-c2ccco2)n1-c1ccccc1. The summed E-state index contributed by atoms with van der Waals surface area (Å²) in [5.41, 5.74) is 5.49. The van der Waals surface area contributed by atoms with Gasteiger partial charge in [-0.15, -0.1) is 10.2 Å². The molecule has 0 unspecified atom stereocenters. The van der Waals surface area contributed by atoms with Crippen molar-refractivity contribution in [3.05, 3.63) is 78.0 Å². The molecule has 0 atom stereocenters. The van der Waals surface area contributed by atoms with Crippen molar-refractivity contribution in [3.8, 4) is 23.0 Å². The van der Waals surface area contributed by atoms with Gasteiger partial charge < -0.3 is 9.15 Å². The van der Waals surface area contributed by atoms with Crippen LogP contribution >= 0.6 is 23.4 Å². The van der Waals surface area contributed by atoms with Gasteiger partial charge in [-0.2, -0.15) is 0 Å². The third-order valence-electron chi connectivity index (χ3n) is 4.25. The fourth-order valence-corrected chi connectivity index (χ4v) is 3.64. The number of ether oxygens (including phenoxy) is 1. The number of carbonyl (C=O) groups excluding carboxylic acids is 2. The second-order valence-corrected chi connectivity index (χ2v) is 7.96. The van der Waals surface area contributed by atoms with Crippen LogP contribution in [0.1, 0.15) is 0 Å². The van der Waals surface area contributed by atoms with Gasteiger partial charge in [0.05, 0.1) is 12.0 Å². The molecule has 2 aromatic carbocycles. The Morgan fingerprint density at radius 1 is 0.970 bits per heavy atom. The van der Waals surface area contributed by atoms with E-state index in [0.29, 0.717) is 27.5 Å². The van der Waals surface area contributed by atoms with Gasteiger partial charge in [0, 0.05) is 10.7 Å². The zero-order valence-corrected chi connectivity index (χ0v) is 18.7. The summed E-state index contributed by atoms with van der Waals surface area (Å²) in [6.07, 6.45) is 1.55. The first-order chi connectivity index (χ1) is 16.1. The molecule has 4 rings (SSSR count). The highest BCUT2D eigenvalue weighted by Gasteiger charge is 2.19. The third kappa shape index (κ3) is 5.93. The Morgan fingerprint density at radius 2 is 1.73 bits per heavy atom. The van der Waals surface area contributed by atoms with E-state index in [1.165, 1.54) is 11.8 Å². The molecule has 33 heavy (non-hydrogen) atoms. The first-order valence-corrected chi connectivity index (χ1v) is 11.1. The molecule has 168 valence electrons. The number of thioether (sulfide) groups is 1. The van der Waals surface area contributed by atoms with Gasteiger partial charge in [0.1, 0.15) is 5.75 Å². The normalized spacial score (nSPS) is 10.6. The lowest BCUT2D eigenvalue weighted by Gasteiger charge is -2.10. The molecule has 0 saturated heterocycles. The van der Waals surface area contributed by atoms with Crippen molar-refractivity contribution in [3.63, 3.8) is 0 Å².